The third-order valence-electron chi connectivity index (χ3n) is 2.04. The van der Waals surface area contributed by atoms with Crippen LogP contribution in [-0.4, -0.2) is 16.8 Å². The summed E-state index contributed by atoms with van der Waals surface area (Å²) in [6.07, 6.45) is 0.590. The smallest absolute Gasteiger partial charge is 0.307 e. The molecule has 0 saturated heterocycles. The van der Waals surface area contributed by atoms with Crippen molar-refractivity contribution < 1.29 is 9.90 Å². The quantitative estimate of drug-likeness (QED) is 0.611. The van der Waals surface area contributed by atoms with Crippen LogP contribution in [-0.2, 0) is 4.79 Å². The van der Waals surface area contributed by atoms with Gasteiger partial charge in [0.15, 0.2) is 0 Å². The highest BCUT2D eigenvalue weighted by Crippen LogP contribution is 2.16. The number of carboxylic acid groups (broad SMARTS) is 1. The summed E-state index contributed by atoms with van der Waals surface area (Å²) in [5.74, 6) is -1.34. The van der Waals surface area contributed by atoms with E-state index >= 15 is 0 Å². The van der Waals surface area contributed by atoms with Crippen LogP contribution in [0.15, 0.2) is 0 Å². The minimum absolute atomic E-state index is 0.141. The highest BCUT2D eigenvalue weighted by Gasteiger charge is 2.23. The zero-order valence-corrected chi connectivity index (χ0v) is 7.22. The third kappa shape index (κ3) is 2.70. The molecule has 0 aliphatic heterocycles. The molecule has 64 valence electrons. The van der Waals surface area contributed by atoms with Crippen LogP contribution in [0.1, 0.15) is 27.2 Å². The van der Waals surface area contributed by atoms with E-state index in [9.17, 15) is 4.79 Å². The van der Waals surface area contributed by atoms with E-state index in [-0.39, 0.29) is 5.92 Å². The van der Waals surface area contributed by atoms with E-state index in [1.165, 1.54) is 0 Å². The van der Waals surface area contributed by atoms with E-state index in [4.69, 9.17) is 10.5 Å². The third-order valence-corrected chi connectivity index (χ3v) is 2.04. The fourth-order valence-electron chi connectivity index (χ4n) is 1.04. The molecule has 3 nitrogen and oxygen atoms in total. The monoisotopic (exact) mass is 157 g/mol. The second-order valence-corrected chi connectivity index (χ2v) is 2.82. The molecule has 0 saturated carbocycles. The summed E-state index contributed by atoms with van der Waals surface area (Å²) < 4.78 is 0. The Labute approximate surface area is 66.9 Å². The van der Waals surface area contributed by atoms with Gasteiger partial charge in [-0.15, -0.1) is 0 Å². The van der Waals surface area contributed by atoms with Crippen LogP contribution in [0.4, 0.5) is 0 Å². The SMILES string of the molecule is CC[C@H](C(=O)O)[C@@H](C)C(C)=N. The van der Waals surface area contributed by atoms with Gasteiger partial charge in [-0.1, -0.05) is 13.8 Å². The van der Waals surface area contributed by atoms with E-state index in [2.05, 4.69) is 0 Å². The summed E-state index contributed by atoms with van der Waals surface area (Å²) in [6.45, 7) is 5.26. The average molecular weight is 157 g/mol. The van der Waals surface area contributed by atoms with Crippen molar-refractivity contribution in [2.24, 2.45) is 11.8 Å². The van der Waals surface area contributed by atoms with Crippen molar-refractivity contribution in [1.29, 1.82) is 5.41 Å². The zero-order valence-electron chi connectivity index (χ0n) is 7.22. The normalized spacial score (nSPS) is 15.5. The van der Waals surface area contributed by atoms with Crippen LogP contribution in [0.25, 0.3) is 0 Å². The van der Waals surface area contributed by atoms with Crippen molar-refractivity contribution in [3.05, 3.63) is 0 Å². The number of hydrogen-bond acceptors (Lipinski definition) is 2. The Morgan fingerprint density at radius 2 is 2.09 bits per heavy atom. The molecule has 0 aliphatic carbocycles. The lowest BCUT2D eigenvalue weighted by molar-refractivity contribution is -0.142. The van der Waals surface area contributed by atoms with Gasteiger partial charge in [0, 0.05) is 11.6 Å². The molecule has 0 bridgehead atoms. The van der Waals surface area contributed by atoms with Gasteiger partial charge in [-0.05, 0) is 13.3 Å². The summed E-state index contributed by atoms with van der Waals surface area (Å²) in [4.78, 5) is 10.6. The van der Waals surface area contributed by atoms with E-state index in [1.54, 1.807) is 13.8 Å². The molecule has 0 aromatic rings. The van der Waals surface area contributed by atoms with Gasteiger partial charge >= 0.3 is 5.97 Å². The van der Waals surface area contributed by atoms with Gasteiger partial charge in [0.1, 0.15) is 0 Å². The van der Waals surface area contributed by atoms with Crippen LogP contribution in [0, 0.1) is 17.2 Å². The first kappa shape index (κ1) is 10.1. The molecule has 0 spiro atoms. The number of aliphatic carboxylic acids is 1. The van der Waals surface area contributed by atoms with Gasteiger partial charge in [-0.3, -0.25) is 4.79 Å². The predicted octanol–water partition coefficient (Wildman–Crippen LogP) is 1.77. The van der Waals surface area contributed by atoms with Crippen molar-refractivity contribution >= 4 is 11.7 Å². The summed E-state index contributed by atoms with van der Waals surface area (Å²) in [5, 5.41) is 16.0. The van der Waals surface area contributed by atoms with Gasteiger partial charge in [-0.25, -0.2) is 0 Å². The Balaban J connectivity index is 4.25. The number of rotatable bonds is 4. The molecule has 0 radical (unpaired) electrons. The fraction of sp³-hybridized carbons (Fsp3) is 0.750. The lowest BCUT2D eigenvalue weighted by atomic mass is 9.88. The molecule has 11 heavy (non-hydrogen) atoms. The van der Waals surface area contributed by atoms with Gasteiger partial charge in [-0.2, -0.15) is 0 Å². The van der Waals surface area contributed by atoms with Gasteiger partial charge in [0.2, 0.25) is 0 Å². The Bertz CT molecular complexity index is 165. The lowest BCUT2D eigenvalue weighted by Crippen LogP contribution is -2.25. The molecule has 0 rings (SSSR count). The number of carbonyl (C=O) groups is 1. The first-order chi connectivity index (χ1) is 5.00. The largest absolute Gasteiger partial charge is 0.481 e. The minimum atomic E-state index is -0.799. The molecule has 2 N–H and O–H groups in total. The standard InChI is InChI=1S/C8H15NO2/c1-4-7(8(10)11)5(2)6(3)9/h5,7,9H,4H2,1-3H3,(H,10,11)/t5-,7-/m0/s1. The summed E-state index contributed by atoms with van der Waals surface area (Å²) in [5.41, 5.74) is 0.444. The van der Waals surface area contributed by atoms with Gasteiger partial charge in [0.25, 0.3) is 0 Å². The Kier molecular flexibility index (Phi) is 3.79. The number of hydrogen-bond donors (Lipinski definition) is 2. The van der Waals surface area contributed by atoms with E-state index < -0.39 is 11.9 Å². The van der Waals surface area contributed by atoms with Crippen molar-refractivity contribution in [1.82, 2.24) is 0 Å². The lowest BCUT2D eigenvalue weighted by Gasteiger charge is -2.16. The first-order valence-corrected chi connectivity index (χ1v) is 3.78. The maximum atomic E-state index is 10.6. The van der Waals surface area contributed by atoms with Crippen LogP contribution >= 0.6 is 0 Å². The van der Waals surface area contributed by atoms with Gasteiger partial charge in [0.05, 0.1) is 5.92 Å². The maximum absolute atomic E-state index is 10.6. The first-order valence-electron chi connectivity index (χ1n) is 3.78. The topological polar surface area (TPSA) is 61.1 Å². The van der Waals surface area contributed by atoms with Crippen molar-refractivity contribution in [2.45, 2.75) is 27.2 Å². The van der Waals surface area contributed by atoms with Crippen molar-refractivity contribution in [3.8, 4) is 0 Å². The molecule has 0 amide bonds. The Morgan fingerprint density at radius 3 is 2.18 bits per heavy atom. The molecule has 0 aromatic carbocycles. The fourth-order valence-corrected chi connectivity index (χ4v) is 1.04. The molecule has 2 atom stereocenters. The molecule has 0 aromatic heterocycles. The van der Waals surface area contributed by atoms with Crippen LogP contribution in [0.5, 0.6) is 0 Å². The maximum Gasteiger partial charge on any atom is 0.307 e. The van der Waals surface area contributed by atoms with E-state index in [0.717, 1.165) is 0 Å². The van der Waals surface area contributed by atoms with Crippen LogP contribution in [0.3, 0.4) is 0 Å². The van der Waals surface area contributed by atoms with Crippen molar-refractivity contribution in [2.75, 3.05) is 0 Å². The van der Waals surface area contributed by atoms with Crippen LogP contribution < -0.4 is 0 Å². The highest BCUT2D eigenvalue weighted by atomic mass is 16.4. The van der Waals surface area contributed by atoms with Gasteiger partial charge < -0.3 is 10.5 Å². The molecular formula is C8H15NO2. The Hall–Kier alpha value is -0.860. The molecule has 0 fully saturated rings. The molecule has 0 unspecified atom stereocenters. The summed E-state index contributed by atoms with van der Waals surface area (Å²) in [6, 6.07) is 0. The number of nitrogens with one attached hydrogen (secondary N) is 1. The Morgan fingerprint density at radius 1 is 1.64 bits per heavy atom. The summed E-state index contributed by atoms with van der Waals surface area (Å²) >= 11 is 0. The summed E-state index contributed by atoms with van der Waals surface area (Å²) in [7, 11) is 0. The molecular weight excluding hydrogens is 142 g/mol. The van der Waals surface area contributed by atoms with Crippen molar-refractivity contribution in [3.63, 3.8) is 0 Å². The van der Waals surface area contributed by atoms with E-state index in [0.29, 0.717) is 12.1 Å². The highest BCUT2D eigenvalue weighted by molar-refractivity contribution is 5.86. The minimum Gasteiger partial charge on any atom is -0.481 e. The second kappa shape index (κ2) is 4.11. The zero-order chi connectivity index (χ0) is 9.02. The molecule has 3 heteroatoms. The predicted molar refractivity (Wildman–Crippen MR) is 44.0 cm³/mol. The number of carboxylic acids is 1. The second-order valence-electron chi connectivity index (χ2n) is 2.82. The molecule has 0 heterocycles. The van der Waals surface area contributed by atoms with Crippen LogP contribution in [0.2, 0.25) is 0 Å². The van der Waals surface area contributed by atoms with E-state index in [1.807, 2.05) is 6.92 Å². The molecule has 0 aliphatic rings. The average Bonchev–Trinajstić information content (AvgIpc) is 1.88.